The van der Waals surface area contributed by atoms with Crippen LogP contribution in [-0.2, 0) is 4.74 Å². The average molecular weight is 290 g/mol. The zero-order valence-corrected chi connectivity index (χ0v) is 12.9. The zero-order valence-electron chi connectivity index (χ0n) is 12.9. The second-order valence-corrected chi connectivity index (χ2v) is 5.89. The van der Waals surface area contributed by atoms with Crippen LogP contribution in [0.1, 0.15) is 20.8 Å². The standard InChI is InChI=1S/C14H22N6O/c1-14(2,3)10(21-4)9-16-11-8-12(19-13(15)18-11)20-7-5-6-17-20/h5-8,10H,9H2,1-4H3,(H3,15,16,18,19)/t10-/m0/s1. The van der Waals surface area contributed by atoms with Crippen LogP contribution in [0.4, 0.5) is 11.8 Å². The van der Waals surface area contributed by atoms with E-state index in [1.807, 2.05) is 6.07 Å². The lowest BCUT2D eigenvalue weighted by Crippen LogP contribution is -2.35. The Morgan fingerprint density at radius 1 is 1.38 bits per heavy atom. The molecule has 0 saturated carbocycles. The van der Waals surface area contributed by atoms with Crippen LogP contribution in [0.25, 0.3) is 5.82 Å². The van der Waals surface area contributed by atoms with E-state index in [9.17, 15) is 0 Å². The largest absolute Gasteiger partial charge is 0.379 e. The number of nitrogens with zero attached hydrogens (tertiary/aromatic N) is 4. The summed E-state index contributed by atoms with van der Waals surface area (Å²) in [6, 6.07) is 3.63. The van der Waals surface area contributed by atoms with Crippen LogP contribution >= 0.6 is 0 Å². The van der Waals surface area contributed by atoms with Gasteiger partial charge < -0.3 is 15.8 Å². The smallest absolute Gasteiger partial charge is 0.224 e. The minimum absolute atomic E-state index is 0.0329. The van der Waals surface area contributed by atoms with Gasteiger partial charge in [0.15, 0.2) is 5.82 Å². The van der Waals surface area contributed by atoms with Crippen molar-refractivity contribution < 1.29 is 4.74 Å². The van der Waals surface area contributed by atoms with Crippen LogP contribution in [0.2, 0.25) is 0 Å². The number of nitrogen functional groups attached to an aromatic ring is 1. The predicted molar refractivity (Wildman–Crippen MR) is 82.3 cm³/mol. The number of anilines is 2. The third-order valence-electron chi connectivity index (χ3n) is 3.19. The first-order valence-corrected chi connectivity index (χ1v) is 6.81. The van der Waals surface area contributed by atoms with Crippen molar-refractivity contribution in [3.63, 3.8) is 0 Å². The van der Waals surface area contributed by atoms with Crippen molar-refractivity contribution >= 4 is 11.8 Å². The lowest BCUT2D eigenvalue weighted by Gasteiger charge is -2.29. The number of ether oxygens (including phenoxy) is 1. The maximum atomic E-state index is 5.76. The summed E-state index contributed by atoms with van der Waals surface area (Å²) in [5.41, 5.74) is 5.79. The Bertz CT molecular complexity index is 576. The quantitative estimate of drug-likeness (QED) is 0.871. The van der Waals surface area contributed by atoms with Gasteiger partial charge in [0.2, 0.25) is 5.95 Å². The van der Waals surface area contributed by atoms with E-state index < -0.39 is 0 Å². The number of rotatable bonds is 5. The summed E-state index contributed by atoms with van der Waals surface area (Å²) in [4.78, 5) is 8.36. The normalized spacial score (nSPS) is 13.1. The molecular weight excluding hydrogens is 268 g/mol. The Kier molecular flexibility index (Phi) is 4.42. The Hall–Kier alpha value is -2.15. The molecule has 0 saturated heterocycles. The van der Waals surface area contributed by atoms with Gasteiger partial charge in [-0.25, -0.2) is 4.68 Å². The molecule has 1 atom stereocenters. The molecule has 0 amide bonds. The second kappa shape index (κ2) is 6.09. The highest BCUT2D eigenvalue weighted by atomic mass is 16.5. The molecule has 0 unspecified atom stereocenters. The third-order valence-corrected chi connectivity index (χ3v) is 3.19. The van der Waals surface area contributed by atoms with E-state index in [4.69, 9.17) is 10.5 Å². The number of methoxy groups -OCH3 is 1. The Morgan fingerprint density at radius 3 is 2.71 bits per heavy atom. The summed E-state index contributed by atoms with van der Waals surface area (Å²) in [6.45, 7) is 7.03. The van der Waals surface area contributed by atoms with Gasteiger partial charge in [0, 0.05) is 32.1 Å². The van der Waals surface area contributed by atoms with Gasteiger partial charge in [-0.1, -0.05) is 20.8 Å². The molecule has 0 radical (unpaired) electrons. The summed E-state index contributed by atoms with van der Waals surface area (Å²) in [5.74, 6) is 1.48. The SMILES string of the molecule is CO[C@@H](CNc1cc(-n2cccn2)nc(N)n1)C(C)(C)C. The Balaban J connectivity index is 2.14. The molecule has 2 rings (SSSR count). The summed E-state index contributed by atoms with van der Waals surface area (Å²) >= 11 is 0. The minimum Gasteiger partial charge on any atom is -0.379 e. The van der Waals surface area contributed by atoms with E-state index in [2.05, 4.69) is 41.2 Å². The monoisotopic (exact) mass is 290 g/mol. The lowest BCUT2D eigenvalue weighted by atomic mass is 9.89. The lowest BCUT2D eigenvalue weighted by molar-refractivity contribution is 0.0268. The van der Waals surface area contributed by atoms with Gasteiger partial charge in [-0.3, -0.25) is 0 Å². The fourth-order valence-electron chi connectivity index (χ4n) is 2.01. The van der Waals surface area contributed by atoms with Crippen molar-refractivity contribution in [1.82, 2.24) is 19.7 Å². The third kappa shape index (κ3) is 3.91. The van der Waals surface area contributed by atoms with Gasteiger partial charge in [-0.05, 0) is 11.5 Å². The number of nitrogens with one attached hydrogen (secondary N) is 1. The topological polar surface area (TPSA) is 90.9 Å². The summed E-state index contributed by atoms with van der Waals surface area (Å²) in [6.07, 6.45) is 3.55. The molecule has 0 spiro atoms. The van der Waals surface area contributed by atoms with Crippen molar-refractivity contribution in [2.75, 3.05) is 24.7 Å². The molecule has 2 aromatic heterocycles. The highest BCUT2D eigenvalue weighted by molar-refractivity contribution is 5.45. The first-order valence-electron chi connectivity index (χ1n) is 6.81. The first kappa shape index (κ1) is 15.2. The number of nitrogens with two attached hydrogens (primary N) is 1. The molecule has 7 nitrogen and oxygen atoms in total. The molecule has 2 heterocycles. The highest BCUT2D eigenvalue weighted by Gasteiger charge is 2.24. The van der Waals surface area contributed by atoms with E-state index in [0.717, 1.165) is 0 Å². The summed E-state index contributed by atoms with van der Waals surface area (Å²) in [7, 11) is 1.71. The number of aromatic nitrogens is 4. The van der Waals surface area contributed by atoms with Gasteiger partial charge in [-0.15, -0.1) is 0 Å². The molecule has 0 aliphatic carbocycles. The molecule has 7 heteroatoms. The molecule has 3 N–H and O–H groups in total. The van der Waals surface area contributed by atoms with Gasteiger partial charge >= 0.3 is 0 Å². The van der Waals surface area contributed by atoms with E-state index >= 15 is 0 Å². The highest BCUT2D eigenvalue weighted by Crippen LogP contribution is 2.22. The molecule has 0 bridgehead atoms. The van der Waals surface area contributed by atoms with E-state index in [0.29, 0.717) is 18.2 Å². The zero-order chi connectivity index (χ0) is 15.5. The maximum Gasteiger partial charge on any atom is 0.224 e. The average Bonchev–Trinajstić information content (AvgIpc) is 2.91. The van der Waals surface area contributed by atoms with Gasteiger partial charge in [-0.2, -0.15) is 15.1 Å². The van der Waals surface area contributed by atoms with Crippen LogP contribution in [0.15, 0.2) is 24.5 Å². The minimum atomic E-state index is 0.0329. The molecule has 21 heavy (non-hydrogen) atoms. The molecule has 0 aromatic carbocycles. The van der Waals surface area contributed by atoms with Gasteiger partial charge in [0.05, 0.1) is 6.10 Å². The van der Waals surface area contributed by atoms with Crippen molar-refractivity contribution in [3.8, 4) is 5.82 Å². The maximum absolute atomic E-state index is 5.76. The predicted octanol–water partition coefficient (Wildman–Crippen LogP) is 1.72. The van der Waals surface area contributed by atoms with Gasteiger partial charge in [0.25, 0.3) is 0 Å². The van der Waals surface area contributed by atoms with Crippen LogP contribution in [0.3, 0.4) is 0 Å². The molecule has 114 valence electrons. The van der Waals surface area contributed by atoms with E-state index in [-0.39, 0.29) is 17.5 Å². The van der Waals surface area contributed by atoms with Crippen molar-refractivity contribution in [1.29, 1.82) is 0 Å². The fraction of sp³-hybridized carbons (Fsp3) is 0.500. The van der Waals surface area contributed by atoms with Crippen molar-refractivity contribution in [3.05, 3.63) is 24.5 Å². The Labute approximate surface area is 124 Å². The van der Waals surface area contributed by atoms with Gasteiger partial charge in [0.1, 0.15) is 5.82 Å². The second-order valence-electron chi connectivity index (χ2n) is 5.89. The number of hydrogen-bond donors (Lipinski definition) is 2. The fourth-order valence-corrected chi connectivity index (χ4v) is 2.01. The molecule has 0 fully saturated rings. The van der Waals surface area contributed by atoms with Crippen LogP contribution < -0.4 is 11.1 Å². The first-order chi connectivity index (χ1) is 9.90. The molecule has 0 aliphatic rings. The van der Waals surface area contributed by atoms with Crippen LogP contribution in [0.5, 0.6) is 0 Å². The summed E-state index contributed by atoms with van der Waals surface area (Å²) in [5, 5.41) is 7.39. The molecule has 0 aliphatic heterocycles. The molecule has 2 aromatic rings. The van der Waals surface area contributed by atoms with Crippen LogP contribution in [-0.4, -0.2) is 39.5 Å². The van der Waals surface area contributed by atoms with Crippen molar-refractivity contribution in [2.45, 2.75) is 26.9 Å². The Morgan fingerprint density at radius 2 is 2.14 bits per heavy atom. The van der Waals surface area contributed by atoms with Crippen molar-refractivity contribution in [2.24, 2.45) is 5.41 Å². The number of hydrogen-bond acceptors (Lipinski definition) is 6. The van der Waals surface area contributed by atoms with Crippen LogP contribution in [0, 0.1) is 5.41 Å². The summed E-state index contributed by atoms with van der Waals surface area (Å²) < 4.78 is 7.15. The molecular formula is C14H22N6O. The van der Waals surface area contributed by atoms with E-state index in [1.54, 1.807) is 30.3 Å². The van der Waals surface area contributed by atoms with E-state index in [1.165, 1.54) is 0 Å².